The molecule has 1 atom stereocenters. The minimum absolute atomic E-state index is 0.132. The minimum Gasteiger partial charge on any atom is -0.465 e. The number of nitrogens with zero attached hydrogens (tertiary/aromatic N) is 1. The molecule has 1 aliphatic carbocycles. The van der Waals surface area contributed by atoms with Gasteiger partial charge in [-0.05, 0) is 58.5 Å². The van der Waals surface area contributed by atoms with Gasteiger partial charge in [-0.3, -0.25) is 9.59 Å². The van der Waals surface area contributed by atoms with Crippen molar-refractivity contribution in [1.29, 1.82) is 0 Å². The van der Waals surface area contributed by atoms with E-state index in [0.29, 0.717) is 19.4 Å². The zero-order chi connectivity index (χ0) is 15.6. The monoisotopic (exact) mass is 306 g/mol. The average molecular weight is 306 g/mol. The number of rotatable bonds is 3. The molecular formula is C17H26N2O3. The van der Waals surface area contributed by atoms with E-state index in [1.54, 1.807) is 0 Å². The van der Waals surface area contributed by atoms with Crippen LogP contribution < -0.4 is 5.32 Å². The SMILES string of the molecule is CCOC(=O)[C@@]12CCCC=C1N(C1CCNCC1)C(=O)CC2. The van der Waals surface area contributed by atoms with E-state index < -0.39 is 5.41 Å². The van der Waals surface area contributed by atoms with E-state index in [4.69, 9.17) is 4.74 Å². The molecule has 1 amide bonds. The fourth-order valence-corrected chi connectivity index (χ4v) is 4.17. The van der Waals surface area contributed by atoms with Gasteiger partial charge in [-0.2, -0.15) is 0 Å². The molecule has 0 spiro atoms. The van der Waals surface area contributed by atoms with Crippen molar-refractivity contribution < 1.29 is 14.3 Å². The van der Waals surface area contributed by atoms with Crippen LogP contribution in [0.25, 0.3) is 0 Å². The van der Waals surface area contributed by atoms with E-state index in [9.17, 15) is 9.59 Å². The van der Waals surface area contributed by atoms with Crippen molar-refractivity contribution in [2.75, 3.05) is 19.7 Å². The summed E-state index contributed by atoms with van der Waals surface area (Å²) in [6.07, 6.45) is 7.87. The van der Waals surface area contributed by atoms with Gasteiger partial charge in [0, 0.05) is 18.2 Å². The zero-order valence-corrected chi connectivity index (χ0v) is 13.4. The van der Waals surface area contributed by atoms with Crippen LogP contribution in [0.1, 0.15) is 51.9 Å². The Labute approximate surface area is 132 Å². The predicted molar refractivity (Wildman–Crippen MR) is 83.0 cm³/mol. The van der Waals surface area contributed by atoms with E-state index in [2.05, 4.69) is 11.4 Å². The Kier molecular flexibility index (Phi) is 4.52. The molecule has 3 rings (SSSR count). The molecule has 5 nitrogen and oxygen atoms in total. The van der Waals surface area contributed by atoms with Crippen LogP contribution in [0.15, 0.2) is 11.8 Å². The van der Waals surface area contributed by atoms with E-state index in [-0.39, 0.29) is 17.9 Å². The maximum absolute atomic E-state index is 12.7. The van der Waals surface area contributed by atoms with Crippen molar-refractivity contribution >= 4 is 11.9 Å². The van der Waals surface area contributed by atoms with Gasteiger partial charge < -0.3 is 15.0 Å². The summed E-state index contributed by atoms with van der Waals surface area (Å²) in [7, 11) is 0. The Morgan fingerprint density at radius 1 is 1.41 bits per heavy atom. The summed E-state index contributed by atoms with van der Waals surface area (Å²) in [6, 6.07) is 0.229. The van der Waals surface area contributed by atoms with E-state index >= 15 is 0 Å². The maximum Gasteiger partial charge on any atom is 0.318 e. The van der Waals surface area contributed by atoms with Crippen molar-refractivity contribution in [3.63, 3.8) is 0 Å². The third-order valence-corrected chi connectivity index (χ3v) is 5.27. The highest BCUT2D eigenvalue weighted by molar-refractivity contribution is 5.88. The summed E-state index contributed by atoms with van der Waals surface area (Å²) in [5, 5.41) is 3.34. The molecule has 1 N–H and O–H groups in total. The smallest absolute Gasteiger partial charge is 0.318 e. The normalized spacial score (nSPS) is 29.8. The van der Waals surface area contributed by atoms with E-state index in [1.807, 2.05) is 11.8 Å². The van der Waals surface area contributed by atoms with Gasteiger partial charge in [0.05, 0.1) is 6.61 Å². The van der Waals surface area contributed by atoms with Crippen LogP contribution in [0.3, 0.4) is 0 Å². The first-order valence-electron chi connectivity index (χ1n) is 8.59. The number of hydrogen-bond acceptors (Lipinski definition) is 4. The Balaban J connectivity index is 1.93. The third kappa shape index (κ3) is 2.56. The quantitative estimate of drug-likeness (QED) is 0.810. The third-order valence-electron chi connectivity index (χ3n) is 5.27. The van der Waals surface area contributed by atoms with E-state index in [1.165, 1.54) is 0 Å². The number of nitrogens with one attached hydrogen (secondary N) is 1. The van der Waals surface area contributed by atoms with Crippen LogP contribution in [-0.2, 0) is 14.3 Å². The molecule has 2 fully saturated rings. The fraction of sp³-hybridized carbons (Fsp3) is 0.765. The first-order valence-corrected chi connectivity index (χ1v) is 8.59. The summed E-state index contributed by atoms with van der Waals surface area (Å²) in [5.74, 6) is 0.0485. The van der Waals surface area contributed by atoms with Gasteiger partial charge in [0.25, 0.3) is 0 Å². The molecule has 0 unspecified atom stereocenters. The molecule has 2 heterocycles. The lowest BCUT2D eigenvalue weighted by Gasteiger charge is -2.48. The summed E-state index contributed by atoms with van der Waals surface area (Å²) in [6.45, 7) is 4.12. The second-order valence-electron chi connectivity index (χ2n) is 6.53. The summed E-state index contributed by atoms with van der Waals surface area (Å²) in [4.78, 5) is 27.2. The highest BCUT2D eigenvalue weighted by atomic mass is 16.5. The zero-order valence-electron chi connectivity index (χ0n) is 13.4. The van der Waals surface area contributed by atoms with Crippen LogP contribution in [0.5, 0.6) is 0 Å². The Morgan fingerprint density at radius 2 is 2.18 bits per heavy atom. The molecule has 22 heavy (non-hydrogen) atoms. The van der Waals surface area contributed by atoms with Gasteiger partial charge in [0.1, 0.15) is 5.41 Å². The van der Waals surface area contributed by atoms with Crippen molar-refractivity contribution in [3.8, 4) is 0 Å². The van der Waals surface area contributed by atoms with Gasteiger partial charge in [-0.25, -0.2) is 0 Å². The molecule has 0 bridgehead atoms. The lowest BCUT2D eigenvalue weighted by Crippen LogP contribution is -2.55. The van der Waals surface area contributed by atoms with Crippen LogP contribution in [0, 0.1) is 5.41 Å². The first kappa shape index (κ1) is 15.5. The van der Waals surface area contributed by atoms with Crippen molar-refractivity contribution in [1.82, 2.24) is 10.2 Å². The van der Waals surface area contributed by atoms with E-state index in [0.717, 1.165) is 50.9 Å². The summed E-state index contributed by atoms with van der Waals surface area (Å²) in [5.41, 5.74) is 0.368. The molecule has 0 aromatic heterocycles. The number of esters is 1. The molecule has 0 radical (unpaired) electrons. The molecular weight excluding hydrogens is 280 g/mol. The molecule has 0 aromatic rings. The minimum atomic E-state index is -0.576. The highest BCUT2D eigenvalue weighted by Crippen LogP contribution is 2.48. The van der Waals surface area contributed by atoms with Gasteiger partial charge in [0.15, 0.2) is 0 Å². The molecule has 0 aromatic carbocycles. The van der Waals surface area contributed by atoms with Crippen molar-refractivity contribution in [2.45, 2.75) is 57.9 Å². The molecule has 0 saturated carbocycles. The number of fused-ring (bicyclic) bond motifs is 1. The lowest BCUT2D eigenvalue weighted by atomic mass is 9.69. The lowest BCUT2D eigenvalue weighted by molar-refractivity contribution is -0.159. The first-order chi connectivity index (χ1) is 10.7. The number of ether oxygens (including phenoxy) is 1. The van der Waals surface area contributed by atoms with Crippen LogP contribution in [0.2, 0.25) is 0 Å². The van der Waals surface area contributed by atoms with Crippen LogP contribution in [-0.4, -0.2) is 42.5 Å². The van der Waals surface area contributed by atoms with Gasteiger partial charge in [-0.1, -0.05) is 6.08 Å². The van der Waals surface area contributed by atoms with Crippen LogP contribution >= 0.6 is 0 Å². The fourth-order valence-electron chi connectivity index (χ4n) is 4.17. The maximum atomic E-state index is 12.7. The highest BCUT2D eigenvalue weighted by Gasteiger charge is 2.52. The number of carbonyl (C=O) groups excluding carboxylic acids is 2. The van der Waals surface area contributed by atoms with Gasteiger partial charge in [0.2, 0.25) is 5.91 Å². The second-order valence-corrected chi connectivity index (χ2v) is 6.53. The number of hydrogen-bond donors (Lipinski definition) is 1. The Bertz CT molecular complexity index is 482. The second kappa shape index (κ2) is 6.41. The van der Waals surface area contributed by atoms with Crippen molar-refractivity contribution in [3.05, 3.63) is 11.8 Å². The molecule has 2 saturated heterocycles. The molecule has 2 aliphatic heterocycles. The van der Waals surface area contributed by atoms with Gasteiger partial charge in [-0.15, -0.1) is 0 Å². The number of allylic oxidation sites excluding steroid dienone is 1. The molecule has 3 aliphatic rings. The number of amides is 1. The topological polar surface area (TPSA) is 58.6 Å². The van der Waals surface area contributed by atoms with Gasteiger partial charge >= 0.3 is 5.97 Å². The number of likely N-dealkylation sites (tertiary alicyclic amines) is 1. The Hall–Kier alpha value is -1.36. The molecule has 5 heteroatoms. The summed E-state index contributed by atoms with van der Waals surface area (Å²) >= 11 is 0. The summed E-state index contributed by atoms with van der Waals surface area (Å²) < 4.78 is 5.38. The average Bonchev–Trinajstić information content (AvgIpc) is 2.56. The number of piperidine rings is 2. The Morgan fingerprint density at radius 3 is 2.91 bits per heavy atom. The largest absolute Gasteiger partial charge is 0.465 e. The molecule has 122 valence electrons. The van der Waals surface area contributed by atoms with Crippen LogP contribution in [0.4, 0.5) is 0 Å². The van der Waals surface area contributed by atoms with Crippen molar-refractivity contribution in [2.24, 2.45) is 5.41 Å². The predicted octanol–water partition coefficient (Wildman–Crippen LogP) is 1.98. The number of carbonyl (C=O) groups is 2. The standard InChI is InChI=1S/C17H26N2O3/c1-2-22-16(21)17-9-4-3-5-14(17)19(15(20)6-10-17)13-7-11-18-12-8-13/h5,13,18H,2-4,6-12H2,1H3/t17-/m1/s1.